The topological polar surface area (TPSA) is 9.23 Å². The zero-order chi connectivity index (χ0) is 34.0. The van der Waals surface area contributed by atoms with E-state index < -0.39 is 5.41 Å². The van der Waals surface area contributed by atoms with Gasteiger partial charge in [-0.15, -0.1) is 0 Å². The molecule has 0 saturated carbocycles. The predicted molar refractivity (Wildman–Crippen MR) is 214 cm³/mol. The van der Waals surface area contributed by atoms with Gasteiger partial charge in [0.2, 0.25) is 0 Å². The molecule has 0 aromatic heterocycles. The summed E-state index contributed by atoms with van der Waals surface area (Å²) < 4.78 is 6.71. The van der Waals surface area contributed by atoms with E-state index in [1.165, 1.54) is 88.5 Å². The van der Waals surface area contributed by atoms with Crippen LogP contribution in [0.4, 0.5) is 0 Å². The van der Waals surface area contributed by atoms with Crippen LogP contribution in [0.5, 0.6) is 11.5 Å². The van der Waals surface area contributed by atoms with Crippen LogP contribution >= 0.6 is 0 Å². The molecule has 1 atom stereocenters. The minimum Gasteiger partial charge on any atom is -0.456 e. The standard InChI is InChI=1S/C51H30O/c1-2-13-31(14-3-1)41-30-47-50-39(37-19-6-9-26-46(37)52-47)21-12-22-40(50)48(41)33-27-28-36-34-17-4-7-23-42(34)51(45(36)29-33)43-24-8-5-18-35(43)38-20-10-15-32-16-11-25-44(51)49(32)38/h1-30H. The summed E-state index contributed by atoms with van der Waals surface area (Å²) in [5.41, 5.74) is 17.2. The summed E-state index contributed by atoms with van der Waals surface area (Å²) in [5.74, 6) is 1.80. The van der Waals surface area contributed by atoms with Crippen LogP contribution < -0.4 is 4.74 Å². The van der Waals surface area contributed by atoms with Crippen molar-refractivity contribution in [2.24, 2.45) is 0 Å². The molecule has 240 valence electrons. The third kappa shape index (κ3) is 3.48. The normalized spacial score (nSPS) is 15.5. The highest BCUT2D eigenvalue weighted by atomic mass is 16.5. The maximum absolute atomic E-state index is 6.71. The molecule has 9 aromatic rings. The van der Waals surface area contributed by atoms with Crippen LogP contribution in [0.15, 0.2) is 182 Å². The highest BCUT2D eigenvalue weighted by Crippen LogP contribution is 2.62. The largest absolute Gasteiger partial charge is 0.456 e. The van der Waals surface area contributed by atoms with E-state index in [0.717, 1.165) is 22.4 Å². The Morgan fingerprint density at radius 3 is 1.73 bits per heavy atom. The Kier molecular flexibility index (Phi) is 5.49. The number of benzene rings is 9. The van der Waals surface area contributed by atoms with E-state index in [0.29, 0.717) is 0 Å². The summed E-state index contributed by atoms with van der Waals surface area (Å²) in [4.78, 5) is 0. The quantitative estimate of drug-likeness (QED) is 0.180. The Morgan fingerprint density at radius 1 is 0.327 bits per heavy atom. The average molecular weight is 659 g/mol. The van der Waals surface area contributed by atoms with Crippen molar-refractivity contribution in [2.75, 3.05) is 0 Å². The second-order valence-electron chi connectivity index (χ2n) is 14.3. The molecule has 1 nitrogen and oxygen atoms in total. The molecule has 1 aliphatic heterocycles. The lowest BCUT2D eigenvalue weighted by atomic mass is 9.61. The minimum absolute atomic E-state index is 0.478. The molecule has 9 aromatic carbocycles. The first-order valence-corrected chi connectivity index (χ1v) is 18.1. The number of hydrogen-bond acceptors (Lipinski definition) is 1. The van der Waals surface area contributed by atoms with Gasteiger partial charge >= 0.3 is 0 Å². The molecule has 1 spiro atoms. The van der Waals surface area contributed by atoms with Gasteiger partial charge in [0, 0.05) is 10.9 Å². The molecule has 0 amide bonds. The maximum atomic E-state index is 6.71. The van der Waals surface area contributed by atoms with Gasteiger partial charge in [-0.1, -0.05) is 164 Å². The van der Waals surface area contributed by atoms with E-state index in [1.807, 2.05) is 0 Å². The lowest BCUT2D eigenvalue weighted by Gasteiger charge is -2.40. The smallest absolute Gasteiger partial charge is 0.136 e. The van der Waals surface area contributed by atoms with Gasteiger partial charge in [-0.25, -0.2) is 0 Å². The summed E-state index contributed by atoms with van der Waals surface area (Å²) in [6, 6.07) is 67.3. The van der Waals surface area contributed by atoms with E-state index in [1.54, 1.807) is 0 Å². The van der Waals surface area contributed by atoms with Gasteiger partial charge in [0.15, 0.2) is 0 Å². The fourth-order valence-corrected chi connectivity index (χ4v) is 9.89. The van der Waals surface area contributed by atoms with Crippen LogP contribution in [0.2, 0.25) is 0 Å². The highest BCUT2D eigenvalue weighted by Gasteiger charge is 2.50. The summed E-state index contributed by atoms with van der Waals surface area (Å²) >= 11 is 0. The minimum atomic E-state index is -0.478. The monoisotopic (exact) mass is 658 g/mol. The van der Waals surface area contributed by atoms with Crippen molar-refractivity contribution in [1.82, 2.24) is 0 Å². The SMILES string of the molecule is c1ccc(-c2cc3c4c(cccc4c2-c2ccc4c(c2)C2(c5ccccc5-4)c4ccccc4-c4cccc5cccc2c45)-c2ccccc2O3)cc1. The van der Waals surface area contributed by atoms with Crippen LogP contribution in [0, 0.1) is 0 Å². The van der Waals surface area contributed by atoms with Crippen molar-refractivity contribution in [2.45, 2.75) is 5.41 Å². The second kappa shape index (κ2) is 10.2. The number of para-hydroxylation sites is 1. The number of ether oxygens (including phenoxy) is 1. The number of hydrogen-bond donors (Lipinski definition) is 0. The van der Waals surface area contributed by atoms with Crippen molar-refractivity contribution in [3.05, 3.63) is 204 Å². The molecule has 1 heterocycles. The average Bonchev–Trinajstić information content (AvgIpc) is 3.50. The van der Waals surface area contributed by atoms with E-state index in [-0.39, 0.29) is 0 Å². The first-order chi connectivity index (χ1) is 25.8. The fourth-order valence-electron chi connectivity index (χ4n) is 9.89. The zero-order valence-electron chi connectivity index (χ0n) is 28.2. The van der Waals surface area contributed by atoms with E-state index in [4.69, 9.17) is 4.74 Å². The van der Waals surface area contributed by atoms with Gasteiger partial charge in [0.05, 0.1) is 5.41 Å². The van der Waals surface area contributed by atoms with E-state index >= 15 is 0 Å². The highest BCUT2D eigenvalue weighted by molar-refractivity contribution is 6.14. The van der Waals surface area contributed by atoms with Gasteiger partial charge in [0.25, 0.3) is 0 Å². The third-order valence-corrected chi connectivity index (χ3v) is 11.9. The van der Waals surface area contributed by atoms with Crippen molar-refractivity contribution >= 4 is 21.5 Å². The molecular weight excluding hydrogens is 629 g/mol. The van der Waals surface area contributed by atoms with Crippen LogP contribution in [-0.2, 0) is 5.41 Å². The van der Waals surface area contributed by atoms with Crippen molar-refractivity contribution in [3.8, 4) is 67.1 Å². The lowest BCUT2D eigenvalue weighted by Crippen LogP contribution is -2.31. The van der Waals surface area contributed by atoms with Crippen LogP contribution in [-0.4, -0.2) is 0 Å². The molecule has 0 bridgehead atoms. The van der Waals surface area contributed by atoms with E-state index in [9.17, 15) is 0 Å². The third-order valence-electron chi connectivity index (χ3n) is 11.9. The Balaban J connectivity index is 1.22. The summed E-state index contributed by atoms with van der Waals surface area (Å²) in [7, 11) is 0. The molecule has 0 saturated heterocycles. The first-order valence-electron chi connectivity index (χ1n) is 18.1. The van der Waals surface area contributed by atoms with Crippen LogP contribution in [0.1, 0.15) is 22.3 Å². The van der Waals surface area contributed by atoms with Crippen LogP contribution in [0.3, 0.4) is 0 Å². The fraction of sp³-hybridized carbons (Fsp3) is 0.0196. The molecule has 2 aliphatic carbocycles. The molecule has 12 rings (SSSR count). The predicted octanol–water partition coefficient (Wildman–Crippen LogP) is 13.4. The van der Waals surface area contributed by atoms with Crippen molar-refractivity contribution in [3.63, 3.8) is 0 Å². The second-order valence-corrected chi connectivity index (χ2v) is 14.3. The summed E-state index contributed by atoms with van der Waals surface area (Å²) in [5, 5.41) is 4.99. The van der Waals surface area contributed by atoms with Crippen LogP contribution in [0.25, 0.3) is 77.2 Å². The Morgan fingerprint density at radius 2 is 0.923 bits per heavy atom. The number of fused-ring (bicyclic) bond motifs is 11. The van der Waals surface area contributed by atoms with Gasteiger partial charge in [-0.3, -0.25) is 0 Å². The summed E-state index contributed by atoms with van der Waals surface area (Å²) in [6.45, 7) is 0. The van der Waals surface area contributed by atoms with Gasteiger partial charge in [-0.2, -0.15) is 0 Å². The molecule has 52 heavy (non-hydrogen) atoms. The van der Waals surface area contributed by atoms with Gasteiger partial charge < -0.3 is 4.74 Å². The number of rotatable bonds is 2. The molecule has 0 N–H and O–H groups in total. The van der Waals surface area contributed by atoms with E-state index in [2.05, 4.69) is 182 Å². The Hall–Kier alpha value is -6.70. The Bertz CT molecular complexity index is 2980. The van der Waals surface area contributed by atoms with Crippen molar-refractivity contribution < 1.29 is 4.74 Å². The molecule has 0 fully saturated rings. The maximum Gasteiger partial charge on any atom is 0.136 e. The molecule has 1 heteroatoms. The van der Waals surface area contributed by atoms with Crippen molar-refractivity contribution in [1.29, 1.82) is 0 Å². The Labute approximate surface area is 302 Å². The molecular formula is C51H30O. The molecule has 3 aliphatic rings. The first kappa shape index (κ1) is 28.0. The van der Waals surface area contributed by atoms with Gasteiger partial charge in [0.1, 0.15) is 11.5 Å². The molecule has 0 radical (unpaired) electrons. The summed E-state index contributed by atoms with van der Waals surface area (Å²) in [6.07, 6.45) is 0. The lowest BCUT2D eigenvalue weighted by molar-refractivity contribution is 0.487. The zero-order valence-corrected chi connectivity index (χ0v) is 28.2. The molecule has 1 unspecified atom stereocenters. The van der Waals surface area contributed by atoms with Gasteiger partial charge in [-0.05, 0) is 107 Å².